The number of hydrogen-bond donors (Lipinski definition) is 2. The van der Waals surface area contributed by atoms with Crippen molar-refractivity contribution in [2.75, 3.05) is 11.9 Å². The molecule has 1 saturated heterocycles. The van der Waals surface area contributed by atoms with Gasteiger partial charge in [-0.1, -0.05) is 0 Å². The number of nitrogens with one attached hydrogen (secondary N) is 2. The largest absolute Gasteiger partial charge is 0.367 e. The second kappa shape index (κ2) is 4.92. The van der Waals surface area contributed by atoms with Crippen molar-refractivity contribution in [1.29, 1.82) is 0 Å². The molecule has 1 atom stereocenters. The van der Waals surface area contributed by atoms with Crippen LogP contribution in [0.4, 0.5) is 5.82 Å². The van der Waals surface area contributed by atoms with E-state index in [1.807, 2.05) is 0 Å². The van der Waals surface area contributed by atoms with E-state index < -0.39 is 0 Å². The van der Waals surface area contributed by atoms with Gasteiger partial charge in [-0.2, -0.15) is 0 Å². The summed E-state index contributed by atoms with van der Waals surface area (Å²) < 4.78 is 0. The Morgan fingerprint density at radius 2 is 2.19 bits per heavy atom. The van der Waals surface area contributed by atoms with Crippen LogP contribution < -0.4 is 10.6 Å². The summed E-state index contributed by atoms with van der Waals surface area (Å²) in [5.74, 6) is 1.03. The molecule has 2 aromatic heterocycles. The maximum atomic E-state index is 4.53. The maximum absolute atomic E-state index is 4.53. The Morgan fingerprint density at radius 3 is 2.95 bits per heavy atom. The number of rotatable bonds is 2. The molecule has 0 amide bonds. The molecule has 1 aliphatic carbocycles. The summed E-state index contributed by atoms with van der Waals surface area (Å²) in [5.41, 5.74) is 1.74. The Morgan fingerprint density at radius 1 is 1.33 bits per heavy atom. The van der Waals surface area contributed by atoms with Gasteiger partial charge in [0, 0.05) is 16.5 Å². The number of aryl methyl sites for hydroxylation is 2. The Bertz CT molecular complexity index is 674. The average molecular weight is 302 g/mol. The van der Waals surface area contributed by atoms with Gasteiger partial charge in [-0.25, -0.2) is 9.97 Å². The lowest BCUT2D eigenvalue weighted by Crippen LogP contribution is -2.58. The van der Waals surface area contributed by atoms with E-state index in [0.717, 1.165) is 17.2 Å². The predicted molar refractivity (Wildman–Crippen MR) is 88.1 cm³/mol. The molecule has 1 spiro atoms. The lowest BCUT2D eigenvalue weighted by Gasteiger charge is -2.48. The first-order valence-electron chi connectivity index (χ1n) is 7.89. The van der Waals surface area contributed by atoms with Crippen molar-refractivity contribution in [1.82, 2.24) is 15.3 Å². The minimum Gasteiger partial charge on any atom is -0.367 e. The van der Waals surface area contributed by atoms with Gasteiger partial charge in [0.05, 0.1) is 5.39 Å². The van der Waals surface area contributed by atoms with Gasteiger partial charge in [0.2, 0.25) is 0 Å². The molecule has 5 heteroatoms. The number of anilines is 1. The normalized spacial score (nSPS) is 24.2. The van der Waals surface area contributed by atoms with Crippen LogP contribution in [0.25, 0.3) is 10.2 Å². The molecule has 2 aromatic rings. The van der Waals surface area contributed by atoms with Crippen molar-refractivity contribution < 1.29 is 0 Å². The van der Waals surface area contributed by atoms with Crippen molar-refractivity contribution in [2.45, 2.75) is 57.5 Å². The Balaban J connectivity index is 1.62. The average Bonchev–Trinajstić information content (AvgIpc) is 2.74. The summed E-state index contributed by atoms with van der Waals surface area (Å²) in [4.78, 5) is 11.4. The van der Waals surface area contributed by atoms with Gasteiger partial charge in [-0.3, -0.25) is 0 Å². The van der Waals surface area contributed by atoms with Crippen LogP contribution in [-0.4, -0.2) is 28.1 Å². The predicted octanol–water partition coefficient (Wildman–Crippen LogP) is 3.39. The second-order valence-electron chi connectivity index (χ2n) is 6.58. The molecule has 2 fully saturated rings. The van der Waals surface area contributed by atoms with Crippen molar-refractivity contribution in [3.05, 3.63) is 16.8 Å². The van der Waals surface area contributed by atoms with Crippen molar-refractivity contribution in [3.8, 4) is 0 Å². The van der Waals surface area contributed by atoms with E-state index in [4.69, 9.17) is 0 Å². The molecular weight excluding hydrogens is 280 g/mol. The zero-order chi connectivity index (χ0) is 14.4. The molecule has 4 rings (SSSR count). The van der Waals surface area contributed by atoms with E-state index in [-0.39, 0.29) is 0 Å². The van der Waals surface area contributed by atoms with E-state index in [9.17, 15) is 0 Å². The third-order valence-corrected chi connectivity index (χ3v) is 6.36. The lowest BCUT2D eigenvalue weighted by atomic mass is 9.70. The molecule has 3 heterocycles. The molecule has 0 aromatic carbocycles. The maximum Gasteiger partial charge on any atom is 0.138 e. The Hall–Kier alpha value is -1.20. The first-order valence-corrected chi connectivity index (χ1v) is 8.71. The van der Waals surface area contributed by atoms with Crippen LogP contribution in [0.1, 0.15) is 42.5 Å². The molecular formula is C16H22N4S. The van der Waals surface area contributed by atoms with Crippen LogP contribution in [-0.2, 0) is 0 Å². The number of hydrogen-bond acceptors (Lipinski definition) is 5. The molecule has 2 aliphatic rings. The molecule has 2 N–H and O–H groups in total. The Labute approximate surface area is 129 Å². The molecule has 112 valence electrons. The number of piperidine rings is 1. The molecule has 0 bridgehead atoms. The van der Waals surface area contributed by atoms with Gasteiger partial charge < -0.3 is 10.6 Å². The molecule has 4 nitrogen and oxygen atoms in total. The van der Waals surface area contributed by atoms with Gasteiger partial charge in [0.1, 0.15) is 17.0 Å². The van der Waals surface area contributed by atoms with E-state index in [2.05, 4.69) is 34.4 Å². The number of aromatic nitrogens is 2. The topological polar surface area (TPSA) is 49.8 Å². The van der Waals surface area contributed by atoms with Crippen LogP contribution >= 0.6 is 11.3 Å². The second-order valence-corrected chi connectivity index (χ2v) is 7.78. The first kappa shape index (κ1) is 13.5. The van der Waals surface area contributed by atoms with Gasteiger partial charge in [-0.05, 0) is 58.1 Å². The fourth-order valence-electron chi connectivity index (χ4n) is 3.75. The summed E-state index contributed by atoms with van der Waals surface area (Å²) in [6, 6.07) is 0.532. The van der Waals surface area contributed by atoms with Crippen molar-refractivity contribution >= 4 is 27.4 Å². The fourth-order valence-corrected chi connectivity index (χ4v) is 4.75. The summed E-state index contributed by atoms with van der Waals surface area (Å²) in [5, 5.41) is 8.67. The SMILES string of the molecule is Cc1sc2ncnc(NC3CCNC4(CCC4)C3)c2c1C. The quantitative estimate of drug-likeness (QED) is 0.893. The van der Waals surface area contributed by atoms with Crippen LogP contribution in [0.3, 0.4) is 0 Å². The van der Waals surface area contributed by atoms with Crippen LogP contribution in [0.15, 0.2) is 6.33 Å². The van der Waals surface area contributed by atoms with Crippen molar-refractivity contribution in [3.63, 3.8) is 0 Å². The first-order chi connectivity index (χ1) is 10.2. The van der Waals surface area contributed by atoms with Gasteiger partial charge in [0.15, 0.2) is 0 Å². The van der Waals surface area contributed by atoms with E-state index in [1.165, 1.54) is 47.9 Å². The smallest absolute Gasteiger partial charge is 0.138 e. The fraction of sp³-hybridized carbons (Fsp3) is 0.625. The minimum absolute atomic E-state index is 0.418. The van der Waals surface area contributed by atoms with E-state index in [0.29, 0.717) is 11.6 Å². The Kier molecular flexibility index (Phi) is 3.15. The highest BCUT2D eigenvalue weighted by Crippen LogP contribution is 2.39. The summed E-state index contributed by atoms with van der Waals surface area (Å²) in [6.07, 6.45) is 8.14. The summed E-state index contributed by atoms with van der Waals surface area (Å²) in [6.45, 7) is 5.46. The highest BCUT2D eigenvalue weighted by atomic mass is 32.1. The van der Waals surface area contributed by atoms with Gasteiger partial charge in [-0.15, -0.1) is 11.3 Å². The van der Waals surface area contributed by atoms with Gasteiger partial charge in [0.25, 0.3) is 0 Å². The number of nitrogens with zero attached hydrogens (tertiary/aromatic N) is 2. The number of thiophene rings is 1. The van der Waals surface area contributed by atoms with Gasteiger partial charge >= 0.3 is 0 Å². The molecule has 0 radical (unpaired) electrons. The molecule has 1 unspecified atom stereocenters. The van der Waals surface area contributed by atoms with E-state index in [1.54, 1.807) is 17.7 Å². The number of fused-ring (bicyclic) bond motifs is 1. The third-order valence-electron chi connectivity index (χ3n) is 5.25. The van der Waals surface area contributed by atoms with Crippen LogP contribution in [0.2, 0.25) is 0 Å². The van der Waals surface area contributed by atoms with E-state index >= 15 is 0 Å². The lowest BCUT2D eigenvalue weighted by molar-refractivity contribution is 0.135. The van der Waals surface area contributed by atoms with Crippen LogP contribution in [0.5, 0.6) is 0 Å². The molecule has 1 aliphatic heterocycles. The standard InChI is InChI=1S/C16H22N4S/c1-10-11(2)21-15-13(10)14(17-9-18-15)20-12-4-7-19-16(8-12)5-3-6-16/h9,12,19H,3-8H2,1-2H3,(H,17,18,20). The zero-order valence-corrected chi connectivity index (χ0v) is 13.5. The van der Waals surface area contributed by atoms with Crippen LogP contribution in [0, 0.1) is 13.8 Å². The monoisotopic (exact) mass is 302 g/mol. The van der Waals surface area contributed by atoms with Crippen molar-refractivity contribution in [2.24, 2.45) is 0 Å². The molecule has 21 heavy (non-hydrogen) atoms. The minimum atomic E-state index is 0.418. The summed E-state index contributed by atoms with van der Waals surface area (Å²) in [7, 11) is 0. The highest BCUT2D eigenvalue weighted by molar-refractivity contribution is 7.18. The third kappa shape index (κ3) is 2.23. The zero-order valence-electron chi connectivity index (χ0n) is 12.7. The summed E-state index contributed by atoms with van der Waals surface area (Å²) >= 11 is 1.77. The highest BCUT2D eigenvalue weighted by Gasteiger charge is 2.41. The molecule has 1 saturated carbocycles.